The van der Waals surface area contributed by atoms with Crippen LogP contribution in [0.3, 0.4) is 0 Å². The fourth-order valence-corrected chi connectivity index (χ4v) is 1.86. The largest absolute Gasteiger partial charge is 0.335 e. The molecule has 2 N–H and O–H groups in total. The summed E-state index contributed by atoms with van der Waals surface area (Å²) in [7, 11) is 0. The maximum absolute atomic E-state index is 12.4. The Balaban J connectivity index is 2.78. The summed E-state index contributed by atoms with van der Waals surface area (Å²) in [5, 5.41) is 7.86. The van der Waals surface area contributed by atoms with Gasteiger partial charge in [-0.05, 0) is 19.8 Å². The highest BCUT2D eigenvalue weighted by Crippen LogP contribution is 2.10. The lowest BCUT2D eigenvalue weighted by Gasteiger charge is -2.27. The van der Waals surface area contributed by atoms with Crippen molar-refractivity contribution in [2.24, 2.45) is 5.73 Å². The minimum atomic E-state index is -0.0360. The van der Waals surface area contributed by atoms with Gasteiger partial charge in [-0.25, -0.2) is 0 Å². The van der Waals surface area contributed by atoms with Gasteiger partial charge in [-0.2, -0.15) is 0 Å². The number of unbranched alkanes of at least 4 members (excludes halogenated alkanes) is 1. The van der Waals surface area contributed by atoms with Crippen LogP contribution in [0.1, 0.15) is 50.5 Å². The second-order valence-corrected chi connectivity index (χ2v) is 4.76. The van der Waals surface area contributed by atoms with E-state index in [0.717, 1.165) is 25.8 Å². The van der Waals surface area contributed by atoms with Gasteiger partial charge in [-0.3, -0.25) is 9.48 Å². The van der Waals surface area contributed by atoms with Gasteiger partial charge in [0.2, 0.25) is 0 Å². The van der Waals surface area contributed by atoms with Crippen molar-refractivity contribution in [2.75, 3.05) is 13.1 Å². The van der Waals surface area contributed by atoms with Crippen LogP contribution in [0.15, 0.2) is 6.20 Å². The molecule has 0 aliphatic heterocycles. The molecule has 0 bridgehead atoms. The summed E-state index contributed by atoms with van der Waals surface area (Å²) in [6.45, 7) is 8.12. The maximum atomic E-state index is 12.4. The molecule has 108 valence electrons. The molecule has 1 aromatic rings. The Morgan fingerprint density at radius 2 is 2.26 bits per heavy atom. The molecule has 0 aromatic carbocycles. The maximum Gasteiger partial charge on any atom is 0.276 e. The Kier molecular flexibility index (Phi) is 6.49. The zero-order valence-electron chi connectivity index (χ0n) is 12.2. The van der Waals surface area contributed by atoms with Crippen molar-refractivity contribution >= 4 is 5.91 Å². The highest BCUT2D eigenvalue weighted by Gasteiger charge is 2.22. The van der Waals surface area contributed by atoms with Crippen LogP contribution >= 0.6 is 0 Å². The molecule has 0 spiro atoms. The molecule has 0 radical (unpaired) electrons. The molecular formula is C13H25N5O. The van der Waals surface area contributed by atoms with Crippen LogP contribution in [-0.4, -0.2) is 44.9 Å². The highest BCUT2D eigenvalue weighted by atomic mass is 16.2. The molecule has 0 aliphatic carbocycles. The average molecular weight is 267 g/mol. The van der Waals surface area contributed by atoms with Crippen molar-refractivity contribution < 1.29 is 4.79 Å². The fourth-order valence-electron chi connectivity index (χ4n) is 1.86. The van der Waals surface area contributed by atoms with Gasteiger partial charge in [0.25, 0.3) is 5.91 Å². The summed E-state index contributed by atoms with van der Waals surface area (Å²) in [5.74, 6) is -0.0360. The van der Waals surface area contributed by atoms with Crippen LogP contribution in [0.25, 0.3) is 0 Å². The number of rotatable bonds is 8. The van der Waals surface area contributed by atoms with E-state index in [1.165, 1.54) is 0 Å². The van der Waals surface area contributed by atoms with Gasteiger partial charge >= 0.3 is 0 Å². The Hall–Kier alpha value is -1.43. The number of carbonyl (C=O) groups is 1. The van der Waals surface area contributed by atoms with Gasteiger partial charge in [0.1, 0.15) is 0 Å². The molecule has 1 heterocycles. The SMILES string of the molecule is CCCCN(C(=O)c1cn(CCN)nn1)C(C)CC. The zero-order chi connectivity index (χ0) is 14.3. The van der Waals surface area contributed by atoms with Gasteiger partial charge < -0.3 is 10.6 Å². The Bertz CT molecular complexity index is 390. The second-order valence-electron chi connectivity index (χ2n) is 4.76. The monoisotopic (exact) mass is 267 g/mol. The van der Waals surface area contributed by atoms with Crippen LogP contribution in [0.4, 0.5) is 0 Å². The van der Waals surface area contributed by atoms with Gasteiger partial charge in [0.15, 0.2) is 5.69 Å². The minimum absolute atomic E-state index is 0.0360. The third-order valence-corrected chi connectivity index (χ3v) is 3.25. The van der Waals surface area contributed by atoms with E-state index >= 15 is 0 Å². The van der Waals surface area contributed by atoms with Crippen molar-refractivity contribution in [2.45, 2.75) is 52.6 Å². The first kappa shape index (κ1) is 15.6. The van der Waals surface area contributed by atoms with Crippen LogP contribution < -0.4 is 5.73 Å². The van der Waals surface area contributed by atoms with Crippen LogP contribution in [0.2, 0.25) is 0 Å². The summed E-state index contributed by atoms with van der Waals surface area (Å²) >= 11 is 0. The first-order chi connectivity index (χ1) is 9.13. The molecule has 6 nitrogen and oxygen atoms in total. The first-order valence-electron chi connectivity index (χ1n) is 7.05. The highest BCUT2D eigenvalue weighted by molar-refractivity contribution is 5.92. The Morgan fingerprint density at radius 1 is 1.53 bits per heavy atom. The molecule has 1 rings (SSSR count). The number of aromatic nitrogens is 3. The normalized spacial score (nSPS) is 12.4. The van der Waals surface area contributed by atoms with Gasteiger partial charge in [0.05, 0.1) is 12.7 Å². The van der Waals surface area contributed by atoms with Gasteiger partial charge in [0, 0.05) is 19.1 Å². The van der Waals surface area contributed by atoms with Crippen LogP contribution in [0.5, 0.6) is 0 Å². The number of amides is 1. The van der Waals surface area contributed by atoms with E-state index < -0.39 is 0 Å². The first-order valence-corrected chi connectivity index (χ1v) is 7.05. The molecule has 0 saturated heterocycles. The summed E-state index contributed by atoms with van der Waals surface area (Å²) in [6.07, 6.45) is 4.69. The van der Waals surface area contributed by atoms with Crippen LogP contribution in [-0.2, 0) is 6.54 Å². The summed E-state index contributed by atoms with van der Waals surface area (Å²) in [6, 6.07) is 0.221. The van der Waals surface area contributed by atoms with E-state index in [0.29, 0.717) is 18.8 Å². The lowest BCUT2D eigenvalue weighted by atomic mass is 10.2. The zero-order valence-corrected chi connectivity index (χ0v) is 12.2. The average Bonchev–Trinajstić information content (AvgIpc) is 2.87. The third kappa shape index (κ3) is 4.31. The van der Waals surface area contributed by atoms with Crippen molar-refractivity contribution in [1.82, 2.24) is 19.9 Å². The third-order valence-electron chi connectivity index (χ3n) is 3.25. The summed E-state index contributed by atoms with van der Waals surface area (Å²) in [4.78, 5) is 14.3. The van der Waals surface area contributed by atoms with E-state index in [-0.39, 0.29) is 11.9 Å². The summed E-state index contributed by atoms with van der Waals surface area (Å²) in [5.41, 5.74) is 5.86. The van der Waals surface area contributed by atoms with Crippen molar-refractivity contribution in [1.29, 1.82) is 0 Å². The summed E-state index contributed by atoms with van der Waals surface area (Å²) < 4.78 is 1.61. The second kappa shape index (κ2) is 7.89. The van der Waals surface area contributed by atoms with E-state index in [9.17, 15) is 4.79 Å². The van der Waals surface area contributed by atoms with Crippen LogP contribution in [0, 0.1) is 0 Å². The number of nitrogens with zero attached hydrogens (tertiary/aromatic N) is 4. The van der Waals surface area contributed by atoms with E-state index in [4.69, 9.17) is 5.73 Å². The molecule has 0 fully saturated rings. The lowest BCUT2D eigenvalue weighted by Crippen LogP contribution is -2.39. The number of nitrogens with two attached hydrogens (primary N) is 1. The van der Waals surface area contributed by atoms with Crippen molar-refractivity contribution in [3.63, 3.8) is 0 Å². The predicted octanol–water partition coefficient (Wildman–Crippen LogP) is 1.28. The minimum Gasteiger partial charge on any atom is -0.335 e. The standard InChI is InChI=1S/C13H25N5O/c1-4-6-8-18(11(3)5-2)13(19)12-10-17(9-7-14)16-15-12/h10-11H,4-9,14H2,1-3H3. The number of hydrogen-bond acceptors (Lipinski definition) is 4. The predicted molar refractivity (Wildman–Crippen MR) is 74.8 cm³/mol. The molecule has 0 aliphatic rings. The Labute approximate surface area is 115 Å². The molecule has 1 unspecified atom stereocenters. The van der Waals surface area contributed by atoms with E-state index in [1.54, 1.807) is 10.9 Å². The fraction of sp³-hybridized carbons (Fsp3) is 0.769. The molecule has 0 saturated carbocycles. The quantitative estimate of drug-likeness (QED) is 0.769. The number of hydrogen-bond donors (Lipinski definition) is 1. The Morgan fingerprint density at radius 3 is 2.84 bits per heavy atom. The molecule has 1 amide bonds. The molecule has 1 atom stereocenters. The number of carbonyl (C=O) groups excluding carboxylic acids is 1. The van der Waals surface area contributed by atoms with Gasteiger partial charge in [-0.15, -0.1) is 5.10 Å². The molecular weight excluding hydrogens is 242 g/mol. The van der Waals surface area contributed by atoms with Crippen molar-refractivity contribution in [3.8, 4) is 0 Å². The van der Waals surface area contributed by atoms with Crippen molar-refractivity contribution in [3.05, 3.63) is 11.9 Å². The topological polar surface area (TPSA) is 77.0 Å². The molecule has 1 aromatic heterocycles. The smallest absolute Gasteiger partial charge is 0.276 e. The van der Waals surface area contributed by atoms with Gasteiger partial charge in [-0.1, -0.05) is 25.5 Å². The van der Waals surface area contributed by atoms with E-state index in [2.05, 4.69) is 31.1 Å². The molecule has 6 heteroatoms. The van der Waals surface area contributed by atoms with E-state index in [1.807, 2.05) is 4.90 Å². The lowest BCUT2D eigenvalue weighted by molar-refractivity contribution is 0.0679. The molecule has 19 heavy (non-hydrogen) atoms.